The molecule has 1 unspecified atom stereocenters. The summed E-state index contributed by atoms with van der Waals surface area (Å²) >= 11 is 0. The van der Waals surface area contributed by atoms with E-state index in [9.17, 15) is 8.78 Å². The van der Waals surface area contributed by atoms with Crippen LogP contribution < -0.4 is 5.32 Å². The van der Waals surface area contributed by atoms with E-state index >= 15 is 0 Å². The van der Waals surface area contributed by atoms with E-state index in [1.54, 1.807) is 0 Å². The Morgan fingerprint density at radius 2 is 1.67 bits per heavy atom. The third-order valence-electron chi connectivity index (χ3n) is 2.45. The molecule has 0 aliphatic heterocycles. The minimum absolute atomic E-state index is 0.0695. The molecule has 0 heterocycles. The first kappa shape index (κ1) is 14.8. The molecule has 2 nitrogen and oxygen atoms in total. The Bertz CT molecular complexity index is 182. The molecular formula is C11H24F2N2. The Kier molecular flexibility index (Phi) is 5.14. The Balaban J connectivity index is 3.89. The van der Waals surface area contributed by atoms with Crippen molar-refractivity contribution in [1.82, 2.24) is 10.2 Å². The fourth-order valence-electron chi connectivity index (χ4n) is 1.10. The molecule has 0 radical (unpaired) electrons. The van der Waals surface area contributed by atoms with Gasteiger partial charge in [0, 0.05) is 25.0 Å². The van der Waals surface area contributed by atoms with Crippen LogP contribution in [0.1, 0.15) is 34.6 Å². The molecule has 92 valence electrons. The molecule has 0 rings (SSSR count). The molecule has 0 amide bonds. The molecule has 4 heteroatoms. The van der Waals surface area contributed by atoms with Gasteiger partial charge in [0.05, 0.1) is 6.54 Å². The van der Waals surface area contributed by atoms with E-state index in [2.05, 4.69) is 31.0 Å². The van der Waals surface area contributed by atoms with Gasteiger partial charge in [0.25, 0.3) is 5.92 Å². The predicted octanol–water partition coefficient (Wildman–Crippen LogP) is 2.35. The summed E-state index contributed by atoms with van der Waals surface area (Å²) in [6.45, 7) is 9.68. The van der Waals surface area contributed by atoms with Crippen molar-refractivity contribution in [3.05, 3.63) is 0 Å². The Labute approximate surface area is 92.0 Å². The maximum atomic E-state index is 12.6. The first-order chi connectivity index (χ1) is 6.52. The van der Waals surface area contributed by atoms with Gasteiger partial charge in [0.1, 0.15) is 0 Å². The van der Waals surface area contributed by atoms with Gasteiger partial charge >= 0.3 is 0 Å². The van der Waals surface area contributed by atoms with Gasteiger partial charge in [-0.3, -0.25) is 4.90 Å². The second-order valence-corrected chi connectivity index (χ2v) is 5.40. The molecule has 0 saturated carbocycles. The van der Waals surface area contributed by atoms with Crippen molar-refractivity contribution < 1.29 is 8.78 Å². The minimum atomic E-state index is -2.63. The van der Waals surface area contributed by atoms with Gasteiger partial charge in [0.15, 0.2) is 0 Å². The molecule has 15 heavy (non-hydrogen) atoms. The van der Waals surface area contributed by atoms with Crippen molar-refractivity contribution in [3.8, 4) is 0 Å². The van der Waals surface area contributed by atoms with Crippen LogP contribution in [0.25, 0.3) is 0 Å². The van der Waals surface area contributed by atoms with Crippen LogP contribution in [-0.4, -0.2) is 42.5 Å². The lowest BCUT2D eigenvalue weighted by molar-refractivity contribution is 0.0185. The Morgan fingerprint density at radius 1 is 1.20 bits per heavy atom. The van der Waals surface area contributed by atoms with Crippen molar-refractivity contribution in [3.63, 3.8) is 0 Å². The average molecular weight is 222 g/mol. The van der Waals surface area contributed by atoms with E-state index in [0.717, 1.165) is 13.5 Å². The average Bonchev–Trinajstić information content (AvgIpc) is 1.97. The van der Waals surface area contributed by atoms with Gasteiger partial charge in [-0.15, -0.1) is 0 Å². The lowest BCUT2D eigenvalue weighted by Crippen LogP contribution is -2.47. The van der Waals surface area contributed by atoms with Crippen molar-refractivity contribution in [2.75, 3.05) is 20.1 Å². The molecule has 0 spiro atoms. The molecule has 0 bridgehead atoms. The number of halogens is 2. The second kappa shape index (κ2) is 5.21. The third kappa shape index (κ3) is 7.68. The summed E-state index contributed by atoms with van der Waals surface area (Å²) in [6, 6.07) is 0.0695. The number of likely N-dealkylation sites (N-methyl/N-ethyl adjacent to an activating group) is 1. The fraction of sp³-hybridized carbons (Fsp3) is 1.00. The summed E-state index contributed by atoms with van der Waals surface area (Å²) in [5.41, 5.74) is 0.0741. The quantitative estimate of drug-likeness (QED) is 0.768. The van der Waals surface area contributed by atoms with E-state index in [0.29, 0.717) is 0 Å². The standard InChI is InChI=1S/C11H24F2N2/c1-9(14-8-11(5,12)13)7-15(6)10(2,3)4/h9,14H,7-8H2,1-6H3. The molecule has 0 aliphatic rings. The van der Waals surface area contributed by atoms with Crippen molar-refractivity contribution in [2.45, 2.75) is 52.1 Å². The van der Waals surface area contributed by atoms with Crippen LogP contribution in [0.5, 0.6) is 0 Å². The van der Waals surface area contributed by atoms with Crippen LogP contribution in [-0.2, 0) is 0 Å². The highest BCUT2D eigenvalue weighted by molar-refractivity contribution is 4.77. The molecule has 0 aromatic rings. The third-order valence-corrected chi connectivity index (χ3v) is 2.45. The zero-order valence-corrected chi connectivity index (χ0v) is 10.7. The van der Waals surface area contributed by atoms with Crippen LogP contribution in [0.15, 0.2) is 0 Å². The molecule has 0 aliphatic carbocycles. The molecular weight excluding hydrogens is 198 g/mol. The predicted molar refractivity (Wildman–Crippen MR) is 60.5 cm³/mol. The van der Waals surface area contributed by atoms with Crippen LogP contribution >= 0.6 is 0 Å². The van der Waals surface area contributed by atoms with Crippen molar-refractivity contribution >= 4 is 0 Å². The zero-order chi connectivity index (χ0) is 12.3. The summed E-state index contributed by atoms with van der Waals surface area (Å²) in [5, 5.41) is 2.83. The lowest BCUT2D eigenvalue weighted by Gasteiger charge is -2.34. The van der Waals surface area contributed by atoms with Crippen molar-refractivity contribution in [2.24, 2.45) is 0 Å². The van der Waals surface area contributed by atoms with Crippen LogP contribution in [0, 0.1) is 0 Å². The number of hydrogen-bond acceptors (Lipinski definition) is 2. The number of nitrogens with zero attached hydrogens (tertiary/aromatic N) is 1. The minimum Gasteiger partial charge on any atom is -0.307 e. The topological polar surface area (TPSA) is 15.3 Å². The highest BCUT2D eigenvalue weighted by Crippen LogP contribution is 2.12. The van der Waals surface area contributed by atoms with Gasteiger partial charge in [-0.05, 0) is 34.7 Å². The Hall–Kier alpha value is -0.220. The van der Waals surface area contributed by atoms with E-state index in [4.69, 9.17) is 0 Å². The molecule has 1 atom stereocenters. The highest BCUT2D eigenvalue weighted by atomic mass is 19.3. The van der Waals surface area contributed by atoms with Crippen molar-refractivity contribution in [1.29, 1.82) is 0 Å². The largest absolute Gasteiger partial charge is 0.307 e. The fourth-order valence-corrected chi connectivity index (χ4v) is 1.10. The molecule has 0 fully saturated rings. The Morgan fingerprint density at radius 3 is 2.00 bits per heavy atom. The van der Waals surface area contributed by atoms with Crippen LogP contribution in [0.3, 0.4) is 0 Å². The summed E-state index contributed by atoms with van der Waals surface area (Å²) in [7, 11) is 2.00. The van der Waals surface area contributed by atoms with Crippen LogP contribution in [0.4, 0.5) is 8.78 Å². The monoisotopic (exact) mass is 222 g/mol. The number of hydrogen-bond donors (Lipinski definition) is 1. The first-order valence-electron chi connectivity index (χ1n) is 5.35. The van der Waals surface area contributed by atoms with Gasteiger partial charge in [-0.1, -0.05) is 0 Å². The smallest absolute Gasteiger partial charge is 0.257 e. The lowest BCUT2D eigenvalue weighted by atomic mass is 10.1. The summed E-state index contributed by atoms with van der Waals surface area (Å²) in [5.74, 6) is -2.63. The van der Waals surface area contributed by atoms with Gasteiger partial charge < -0.3 is 5.32 Å². The first-order valence-corrected chi connectivity index (χ1v) is 5.35. The maximum absolute atomic E-state index is 12.6. The number of alkyl halides is 2. The van der Waals surface area contributed by atoms with Gasteiger partial charge in [0.2, 0.25) is 0 Å². The molecule has 0 aromatic carbocycles. The summed E-state index contributed by atoms with van der Waals surface area (Å²) in [4.78, 5) is 2.15. The van der Waals surface area contributed by atoms with Crippen LogP contribution in [0.2, 0.25) is 0 Å². The SMILES string of the molecule is CC(CN(C)C(C)(C)C)NCC(C)(F)F. The summed E-state index contributed by atoms with van der Waals surface area (Å²) in [6.07, 6.45) is 0. The van der Waals surface area contributed by atoms with E-state index in [-0.39, 0.29) is 18.1 Å². The number of nitrogens with one attached hydrogen (secondary N) is 1. The van der Waals surface area contributed by atoms with Gasteiger partial charge in [-0.25, -0.2) is 8.78 Å². The molecule has 1 N–H and O–H groups in total. The van der Waals surface area contributed by atoms with Gasteiger partial charge in [-0.2, -0.15) is 0 Å². The maximum Gasteiger partial charge on any atom is 0.257 e. The normalized spacial score (nSPS) is 15.8. The second-order valence-electron chi connectivity index (χ2n) is 5.40. The molecule has 0 aromatic heterocycles. The molecule has 0 saturated heterocycles. The summed E-state index contributed by atoms with van der Waals surface area (Å²) < 4.78 is 25.2. The number of rotatable bonds is 5. The zero-order valence-electron chi connectivity index (χ0n) is 10.7. The van der Waals surface area contributed by atoms with E-state index in [1.807, 2.05) is 14.0 Å². The van der Waals surface area contributed by atoms with E-state index in [1.165, 1.54) is 0 Å². The highest BCUT2D eigenvalue weighted by Gasteiger charge is 2.23. The van der Waals surface area contributed by atoms with E-state index < -0.39 is 5.92 Å².